The van der Waals surface area contributed by atoms with Crippen LogP contribution in [0.15, 0.2) is 48.5 Å². The van der Waals surface area contributed by atoms with Crippen LogP contribution < -0.4 is 4.74 Å². The third-order valence-electron chi connectivity index (χ3n) is 2.82. The second kappa shape index (κ2) is 6.52. The van der Waals surface area contributed by atoms with E-state index in [4.69, 9.17) is 4.74 Å². The van der Waals surface area contributed by atoms with Crippen LogP contribution in [0.25, 0.3) is 0 Å². The van der Waals surface area contributed by atoms with Crippen molar-refractivity contribution in [3.8, 4) is 5.75 Å². The van der Waals surface area contributed by atoms with Crippen molar-refractivity contribution in [1.29, 1.82) is 0 Å². The summed E-state index contributed by atoms with van der Waals surface area (Å²) >= 11 is 0. The van der Waals surface area contributed by atoms with Gasteiger partial charge in [-0.3, -0.25) is 4.79 Å². The van der Waals surface area contributed by atoms with Gasteiger partial charge < -0.3 is 9.47 Å². The Kier molecular flexibility index (Phi) is 4.50. The molecule has 0 aliphatic heterocycles. The molecule has 2 aromatic rings. The molecule has 0 spiro atoms. The summed E-state index contributed by atoms with van der Waals surface area (Å²) in [4.78, 5) is 22.1. The monoisotopic (exact) mass is 270 g/mol. The molecule has 4 nitrogen and oxygen atoms in total. The first-order chi connectivity index (χ1) is 9.70. The quantitative estimate of drug-likeness (QED) is 0.476. The first-order valence-corrected chi connectivity index (χ1v) is 6.12. The van der Waals surface area contributed by atoms with Crippen molar-refractivity contribution in [2.24, 2.45) is 0 Å². The molecule has 20 heavy (non-hydrogen) atoms. The van der Waals surface area contributed by atoms with E-state index < -0.39 is 0 Å². The Morgan fingerprint density at radius 2 is 1.80 bits per heavy atom. The van der Waals surface area contributed by atoms with E-state index in [2.05, 4.69) is 4.74 Å². The fraction of sp³-hybridized carbons (Fsp3) is 0.125. The van der Waals surface area contributed by atoms with Crippen molar-refractivity contribution in [3.05, 3.63) is 65.2 Å². The minimum atomic E-state index is -0.389. The fourth-order valence-corrected chi connectivity index (χ4v) is 1.75. The zero-order chi connectivity index (χ0) is 14.4. The number of carbonyl (C=O) groups is 2. The Morgan fingerprint density at radius 1 is 1.10 bits per heavy atom. The molecule has 0 radical (unpaired) electrons. The Morgan fingerprint density at radius 3 is 2.45 bits per heavy atom. The van der Waals surface area contributed by atoms with E-state index in [1.54, 1.807) is 36.4 Å². The van der Waals surface area contributed by atoms with Crippen LogP contribution in [-0.2, 0) is 16.1 Å². The SMILES string of the molecule is Cc1ccccc1C(=O)Oc1ccc(COC=O)cc1. The van der Waals surface area contributed by atoms with Crippen LogP contribution in [0.5, 0.6) is 5.75 Å². The summed E-state index contributed by atoms with van der Waals surface area (Å²) in [6.45, 7) is 2.46. The Balaban J connectivity index is 2.05. The first kappa shape index (κ1) is 13.8. The summed E-state index contributed by atoms with van der Waals surface area (Å²) < 4.78 is 9.93. The summed E-state index contributed by atoms with van der Waals surface area (Å²) in [6, 6.07) is 14.1. The number of esters is 1. The first-order valence-electron chi connectivity index (χ1n) is 6.12. The predicted octanol–water partition coefficient (Wildman–Crippen LogP) is 2.89. The number of ether oxygens (including phenoxy) is 2. The molecule has 0 heterocycles. The van der Waals surface area contributed by atoms with E-state index in [-0.39, 0.29) is 12.6 Å². The number of hydrogen-bond donors (Lipinski definition) is 0. The molecule has 2 rings (SSSR count). The number of hydrogen-bond acceptors (Lipinski definition) is 4. The van der Waals surface area contributed by atoms with Gasteiger partial charge in [0.05, 0.1) is 5.56 Å². The molecule has 0 fully saturated rings. The summed E-state index contributed by atoms with van der Waals surface area (Å²) in [5.74, 6) is 0.0631. The highest BCUT2D eigenvalue weighted by atomic mass is 16.5. The maximum Gasteiger partial charge on any atom is 0.343 e. The maximum absolute atomic E-state index is 12.0. The largest absolute Gasteiger partial charge is 0.463 e. The molecule has 2 aromatic carbocycles. The average Bonchev–Trinajstić information content (AvgIpc) is 2.47. The van der Waals surface area contributed by atoms with Crippen molar-refractivity contribution in [3.63, 3.8) is 0 Å². The number of benzene rings is 2. The highest BCUT2D eigenvalue weighted by Gasteiger charge is 2.10. The highest BCUT2D eigenvalue weighted by Crippen LogP contribution is 2.16. The molecule has 4 heteroatoms. The molecule has 102 valence electrons. The second-order valence-electron chi connectivity index (χ2n) is 4.26. The molecule has 0 amide bonds. The van der Waals surface area contributed by atoms with E-state index in [1.807, 2.05) is 19.1 Å². The molecular weight excluding hydrogens is 256 g/mol. The fourth-order valence-electron chi connectivity index (χ4n) is 1.75. The Hall–Kier alpha value is -2.62. The summed E-state index contributed by atoms with van der Waals surface area (Å²) in [5, 5.41) is 0. The van der Waals surface area contributed by atoms with Gasteiger partial charge in [-0.2, -0.15) is 0 Å². The minimum absolute atomic E-state index is 0.204. The van der Waals surface area contributed by atoms with Crippen molar-refractivity contribution in [2.45, 2.75) is 13.5 Å². The lowest BCUT2D eigenvalue weighted by Crippen LogP contribution is -2.10. The zero-order valence-electron chi connectivity index (χ0n) is 11.0. The lowest BCUT2D eigenvalue weighted by Gasteiger charge is -2.07. The van der Waals surface area contributed by atoms with Gasteiger partial charge in [0.15, 0.2) is 0 Å². The van der Waals surface area contributed by atoms with Crippen LogP contribution in [-0.4, -0.2) is 12.4 Å². The molecule has 0 aliphatic carbocycles. The summed E-state index contributed by atoms with van der Waals surface area (Å²) in [7, 11) is 0. The van der Waals surface area contributed by atoms with Gasteiger partial charge >= 0.3 is 5.97 Å². The predicted molar refractivity (Wildman–Crippen MR) is 73.4 cm³/mol. The Labute approximate surface area is 116 Å². The lowest BCUT2D eigenvalue weighted by atomic mass is 10.1. The van der Waals surface area contributed by atoms with Crippen LogP contribution in [0.1, 0.15) is 21.5 Å². The third kappa shape index (κ3) is 3.45. The molecule has 0 aromatic heterocycles. The Bertz CT molecular complexity index is 602. The van der Waals surface area contributed by atoms with Crippen molar-refractivity contribution < 1.29 is 19.1 Å². The molecule has 0 saturated heterocycles. The standard InChI is InChI=1S/C16H14O4/c1-12-4-2-3-5-15(12)16(18)20-14-8-6-13(7-9-14)10-19-11-17/h2-9,11H,10H2,1H3. The molecule has 0 bridgehead atoms. The molecule has 0 saturated carbocycles. The van der Waals surface area contributed by atoms with Gasteiger partial charge in [-0.15, -0.1) is 0 Å². The number of rotatable bonds is 5. The van der Waals surface area contributed by atoms with E-state index >= 15 is 0 Å². The topological polar surface area (TPSA) is 52.6 Å². The van der Waals surface area contributed by atoms with E-state index in [9.17, 15) is 9.59 Å². The third-order valence-corrected chi connectivity index (χ3v) is 2.82. The molecule has 0 atom stereocenters. The van der Waals surface area contributed by atoms with Gasteiger partial charge in [-0.1, -0.05) is 30.3 Å². The van der Waals surface area contributed by atoms with Crippen LogP contribution in [0, 0.1) is 6.92 Å². The van der Waals surface area contributed by atoms with Gasteiger partial charge in [-0.25, -0.2) is 4.79 Å². The number of aryl methyl sites for hydroxylation is 1. The highest BCUT2D eigenvalue weighted by molar-refractivity contribution is 5.92. The normalized spacial score (nSPS) is 9.85. The van der Waals surface area contributed by atoms with Crippen molar-refractivity contribution in [2.75, 3.05) is 0 Å². The van der Waals surface area contributed by atoms with Crippen molar-refractivity contribution >= 4 is 12.4 Å². The van der Waals surface area contributed by atoms with E-state index in [0.717, 1.165) is 11.1 Å². The molecule has 0 aliphatic rings. The number of carbonyl (C=O) groups excluding carboxylic acids is 2. The average molecular weight is 270 g/mol. The zero-order valence-corrected chi connectivity index (χ0v) is 11.0. The smallest absolute Gasteiger partial charge is 0.343 e. The minimum Gasteiger partial charge on any atom is -0.463 e. The van der Waals surface area contributed by atoms with Gasteiger partial charge in [-0.05, 0) is 36.2 Å². The summed E-state index contributed by atoms with van der Waals surface area (Å²) in [6.07, 6.45) is 0. The van der Waals surface area contributed by atoms with Gasteiger partial charge in [0.1, 0.15) is 12.4 Å². The van der Waals surface area contributed by atoms with Crippen LogP contribution in [0.2, 0.25) is 0 Å². The van der Waals surface area contributed by atoms with Crippen LogP contribution in [0.4, 0.5) is 0 Å². The van der Waals surface area contributed by atoms with Gasteiger partial charge in [0, 0.05) is 0 Å². The summed E-state index contributed by atoms with van der Waals surface area (Å²) in [5.41, 5.74) is 2.24. The molecule has 0 N–H and O–H groups in total. The second-order valence-corrected chi connectivity index (χ2v) is 4.26. The lowest BCUT2D eigenvalue weighted by molar-refractivity contribution is -0.129. The molecular formula is C16H14O4. The molecule has 0 unspecified atom stereocenters. The van der Waals surface area contributed by atoms with Crippen LogP contribution >= 0.6 is 0 Å². The van der Waals surface area contributed by atoms with E-state index in [1.165, 1.54) is 0 Å². The van der Waals surface area contributed by atoms with Crippen molar-refractivity contribution in [1.82, 2.24) is 0 Å². The van der Waals surface area contributed by atoms with Gasteiger partial charge in [0.25, 0.3) is 6.47 Å². The maximum atomic E-state index is 12.0. The van der Waals surface area contributed by atoms with E-state index in [0.29, 0.717) is 17.8 Å². The van der Waals surface area contributed by atoms with Gasteiger partial charge in [0.2, 0.25) is 0 Å². The van der Waals surface area contributed by atoms with Crippen LogP contribution in [0.3, 0.4) is 0 Å².